The van der Waals surface area contributed by atoms with Crippen LogP contribution in [0.4, 0.5) is 0 Å². The molecule has 2 aliphatic heterocycles. The van der Waals surface area contributed by atoms with Crippen molar-refractivity contribution < 1.29 is 0 Å². The third-order valence-corrected chi connectivity index (χ3v) is 4.20. The highest BCUT2D eigenvalue weighted by atomic mass is 15.2. The van der Waals surface area contributed by atoms with Crippen molar-refractivity contribution in [1.82, 2.24) is 9.80 Å². The Kier molecular flexibility index (Phi) is 3.68. The molecule has 2 nitrogen and oxygen atoms in total. The van der Waals surface area contributed by atoms with Crippen molar-refractivity contribution in [1.29, 1.82) is 0 Å². The Hall–Kier alpha value is -0.0800. The molecule has 2 heteroatoms. The SMILES string of the molecule is CC(C)N1CCC(N2CC[C@H](C)C2)CC1. The van der Waals surface area contributed by atoms with Crippen molar-refractivity contribution >= 4 is 0 Å². The van der Waals surface area contributed by atoms with E-state index in [2.05, 4.69) is 30.6 Å². The summed E-state index contributed by atoms with van der Waals surface area (Å²) in [6.07, 6.45) is 4.21. The van der Waals surface area contributed by atoms with Gasteiger partial charge in [-0.2, -0.15) is 0 Å². The predicted molar refractivity (Wildman–Crippen MR) is 65.1 cm³/mol. The predicted octanol–water partition coefficient (Wildman–Crippen LogP) is 2.20. The zero-order valence-electron chi connectivity index (χ0n) is 10.6. The fourth-order valence-corrected chi connectivity index (χ4v) is 3.07. The van der Waals surface area contributed by atoms with E-state index >= 15 is 0 Å². The summed E-state index contributed by atoms with van der Waals surface area (Å²) in [5.74, 6) is 0.938. The summed E-state index contributed by atoms with van der Waals surface area (Å²) in [5.41, 5.74) is 0. The summed E-state index contributed by atoms with van der Waals surface area (Å²) < 4.78 is 0. The zero-order valence-corrected chi connectivity index (χ0v) is 10.6. The second kappa shape index (κ2) is 4.84. The van der Waals surface area contributed by atoms with Gasteiger partial charge in [-0.05, 0) is 58.7 Å². The highest BCUT2D eigenvalue weighted by Crippen LogP contribution is 2.24. The Morgan fingerprint density at radius 1 is 1.00 bits per heavy atom. The fraction of sp³-hybridized carbons (Fsp3) is 1.00. The van der Waals surface area contributed by atoms with Crippen molar-refractivity contribution in [2.24, 2.45) is 5.92 Å². The smallest absolute Gasteiger partial charge is 0.0120 e. The van der Waals surface area contributed by atoms with E-state index in [0.29, 0.717) is 0 Å². The maximum Gasteiger partial charge on any atom is 0.0120 e. The molecule has 2 fully saturated rings. The van der Waals surface area contributed by atoms with Crippen molar-refractivity contribution in [2.45, 2.75) is 52.1 Å². The second-order valence-electron chi connectivity index (χ2n) is 5.75. The van der Waals surface area contributed by atoms with Crippen LogP contribution in [-0.2, 0) is 0 Å². The highest BCUT2D eigenvalue weighted by molar-refractivity contribution is 4.84. The van der Waals surface area contributed by atoms with Gasteiger partial charge in [0.1, 0.15) is 0 Å². The Morgan fingerprint density at radius 2 is 1.67 bits per heavy atom. The molecule has 15 heavy (non-hydrogen) atoms. The summed E-state index contributed by atoms with van der Waals surface area (Å²) in [6, 6.07) is 1.63. The molecule has 0 spiro atoms. The van der Waals surface area contributed by atoms with Gasteiger partial charge in [-0.15, -0.1) is 0 Å². The highest BCUT2D eigenvalue weighted by Gasteiger charge is 2.29. The summed E-state index contributed by atoms with van der Waals surface area (Å²) >= 11 is 0. The van der Waals surface area contributed by atoms with Gasteiger partial charge in [0.15, 0.2) is 0 Å². The Morgan fingerprint density at radius 3 is 2.13 bits per heavy atom. The van der Waals surface area contributed by atoms with E-state index in [-0.39, 0.29) is 0 Å². The summed E-state index contributed by atoms with van der Waals surface area (Å²) in [5, 5.41) is 0. The molecule has 2 saturated heterocycles. The van der Waals surface area contributed by atoms with Crippen LogP contribution in [0.25, 0.3) is 0 Å². The molecule has 2 heterocycles. The summed E-state index contributed by atoms with van der Waals surface area (Å²) in [6.45, 7) is 12.4. The van der Waals surface area contributed by atoms with Gasteiger partial charge in [0.05, 0.1) is 0 Å². The van der Waals surface area contributed by atoms with Gasteiger partial charge in [-0.25, -0.2) is 0 Å². The number of hydrogen-bond acceptors (Lipinski definition) is 2. The third kappa shape index (κ3) is 2.73. The number of piperidine rings is 1. The minimum absolute atomic E-state index is 0.739. The lowest BCUT2D eigenvalue weighted by Gasteiger charge is -2.38. The van der Waals surface area contributed by atoms with Crippen LogP contribution in [0.3, 0.4) is 0 Å². The normalized spacial score (nSPS) is 31.6. The summed E-state index contributed by atoms with van der Waals surface area (Å²) in [4.78, 5) is 5.36. The average Bonchev–Trinajstić information content (AvgIpc) is 2.65. The molecule has 0 bridgehead atoms. The second-order valence-corrected chi connectivity index (χ2v) is 5.75. The van der Waals surface area contributed by atoms with Gasteiger partial charge >= 0.3 is 0 Å². The maximum atomic E-state index is 2.74. The molecule has 0 aromatic rings. The van der Waals surface area contributed by atoms with Gasteiger partial charge < -0.3 is 9.80 Å². The largest absolute Gasteiger partial charge is 0.301 e. The van der Waals surface area contributed by atoms with Gasteiger partial charge in [-0.3, -0.25) is 0 Å². The van der Waals surface area contributed by atoms with Crippen molar-refractivity contribution in [3.63, 3.8) is 0 Å². The minimum Gasteiger partial charge on any atom is -0.301 e. The first-order valence-electron chi connectivity index (χ1n) is 6.65. The Bertz CT molecular complexity index is 195. The van der Waals surface area contributed by atoms with Crippen LogP contribution in [0, 0.1) is 5.92 Å². The third-order valence-electron chi connectivity index (χ3n) is 4.20. The quantitative estimate of drug-likeness (QED) is 0.689. The molecule has 0 aliphatic carbocycles. The van der Waals surface area contributed by atoms with Crippen LogP contribution in [0.1, 0.15) is 40.0 Å². The van der Waals surface area contributed by atoms with E-state index in [9.17, 15) is 0 Å². The number of hydrogen-bond donors (Lipinski definition) is 0. The molecular formula is C13H26N2. The molecule has 0 radical (unpaired) electrons. The Balaban J connectivity index is 1.78. The van der Waals surface area contributed by atoms with Gasteiger partial charge in [-0.1, -0.05) is 6.92 Å². The van der Waals surface area contributed by atoms with E-state index in [0.717, 1.165) is 18.0 Å². The topological polar surface area (TPSA) is 6.48 Å². The van der Waals surface area contributed by atoms with Crippen molar-refractivity contribution in [3.05, 3.63) is 0 Å². The first-order valence-corrected chi connectivity index (χ1v) is 6.65. The number of likely N-dealkylation sites (tertiary alicyclic amines) is 2. The first-order chi connectivity index (χ1) is 7.16. The van der Waals surface area contributed by atoms with Gasteiger partial charge in [0.2, 0.25) is 0 Å². The lowest BCUT2D eigenvalue weighted by molar-refractivity contribution is 0.105. The molecule has 0 N–H and O–H groups in total. The number of rotatable bonds is 2. The molecule has 0 unspecified atom stereocenters. The van der Waals surface area contributed by atoms with Crippen LogP contribution in [0.15, 0.2) is 0 Å². The van der Waals surface area contributed by atoms with Crippen molar-refractivity contribution in [2.75, 3.05) is 26.2 Å². The van der Waals surface area contributed by atoms with E-state index in [1.54, 1.807) is 0 Å². The van der Waals surface area contributed by atoms with Gasteiger partial charge in [0, 0.05) is 18.6 Å². The summed E-state index contributed by atoms with van der Waals surface area (Å²) in [7, 11) is 0. The zero-order chi connectivity index (χ0) is 10.8. The van der Waals surface area contributed by atoms with Crippen LogP contribution >= 0.6 is 0 Å². The van der Waals surface area contributed by atoms with Gasteiger partial charge in [0.25, 0.3) is 0 Å². The first kappa shape index (κ1) is 11.4. The lowest BCUT2D eigenvalue weighted by atomic mass is 10.0. The minimum atomic E-state index is 0.739. The Labute approximate surface area is 94.6 Å². The average molecular weight is 210 g/mol. The molecule has 1 atom stereocenters. The van der Waals surface area contributed by atoms with Crippen LogP contribution < -0.4 is 0 Å². The monoisotopic (exact) mass is 210 g/mol. The maximum absolute atomic E-state index is 2.74. The van der Waals surface area contributed by atoms with Crippen LogP contribution in [0.2, 0.25) is 0 Å². The van der Waals surface area contributed by atoms with E-state index in [1.165, 1.54) is 45.4 Å². The molecule has 2 rings (SSSR count). The molecule has 0 aromatic heterocycles. The molecule has 0 amide bonds. The molecular weight excluding hydrogens is 184 g/mol. The van der Waals surface area contributed by atoms with Crippen LogP contribution in [-0.4, -0.2) is 48.1 Å². The van der Waals surface area contributed by atoms with E-state index < -0.39 is 0 Å². The van der Waals surface area contributed by atoms with E-state index in [1.807, 2.05) is 0 Å². The molecule has 0 saturated carbocycles. The lowest BCUT2D eigenvalue weighted by Crippen LogP contribution is -2.46. The molecule has 0 aromatic carbocycles. The molecule has 88 valence electrons. The molecule has 2 aliphatic rings. The number of nitrogens with zero attached hydrogens (tertiary/aromatic N) is 2. The standard InChI is InChI=1S/C13H26N2/c1-11(2)14-8-5-13(6-9-14)15-7-4-12(3)10-15/h11-13H,4-10H2,1-3H3/t12-/m0/s1. The van der Waals surface area contributed by atoms with Crippen LogP contribution in [0.5, 0.6) is 0 Å². The van der Waals surface area contributed by atoms with E-state index in [4.69, 9.17) is 0 Å². The fourth-order valence-electron chi connectivity index (χ4n) is 3.07. The van der Waals surface area contributed by atoms with Crippen molar-refractivity contribution in [3.8, 4) is 0 Å².